The molecule has 20 heavy (non-hydrogen) atoms. The maximum absolute atomic E-state index is 11.5. The average Bonchev–Trinajstić information content (AvgIpc) is 2.73. The van der Waals surface area contributed by atoms with Crippen LogP contribution in [0, 0.1) is 5.92 Å². The minimum absolute atomic E-state index is 0.285. The Bertz CT molecular complexity index is 686. The number of carbonyl (C=O) groups is 1. The topological polar surface area (TPSA) is 42.2 Å². The molecular formula is C17H21NO2. The molecule has 3 rings (SSSR count). The molecule has 1 aromatic heterocycles. The van der Waals surface area contributed by atoms with Crippen molar-refractivity contribution in [2.45, 2.75) is 38.5 Å². The van der Waals surface area contributed by atoms with Crippen LogP contribution in [0.5, 0.6) is 0 Å². The molecule has 0 bridgehead atoms. The maximum Gasteiger partial charge on any atom is 0.307 e. The lowest BCUT2D eigenvalue weighted by atomic mass is 9.67. The highest BCUT2D eigenvalue weighted by Crippen LogP contribution is 2.46. The first kappa shape index (κ1) is 13.2. The van der Waals surface area contributed by atoms with Crippen LogP contribution in [0.1, 0.15) is 37.9 Å². The number of benzene rings is 1. The summed E-state index contributed by atoms with van der Waals surface area (Å²) in [4.78, 5) is 11.5. The summed E-state index contributed by atoms with van der Waals surface area (Å²) in [6.45, 7) is 3.96. The van der Waals surface area contributed by atoms with E-state index in [-0.39, 0.29) is 11.3 Å². The number of aryl methyl sites for hydroxylation is 2. The molecule has 0 spiro atoms. The number of hydrogen-bond donors (Lipinski definition) is 1. The summed E-state index contributed by atoms with van der Waals surface area (Å²) < 4.78 is 2.21. The fourth-order valence-electron chi connectivity index (χ4n) is 3.90. The molecule has 106 valence electrons. The minimum atomic E-state index is -0.703. The van der Waals surface area contributed by atoms with Crippen molar-refractivity contribution in [1.82, 2.24) is 4.57 Å². The highest BCUT2D eigenvalue weighted by molar-refractivity contribution is 5.87. The van der Waals surface area contributed by atoms with Crippen molar-refractivity contribution < 1.29 is 9.90 Å². The van der Waals surface area contributed by atoms with Gasteiger partial charge in [0.25, 0.3) is 0 Å². The van der Waals surface area contributed by atoms with E-state index in [9.17, 15) is 9.90 Å². The van der Waals surface area contributed by atoms with Gasteiger partial charge in [-0.25, -0.2) is 0 Å². The Hall–Kier alpha value is -1.77. The van der Waals surface area contributed by atoms with Crippen LogP contribution in [-0.4, -0.2) is 15.6 Å². The van der Waals surface area contributed by atoms with Crippen LogP contribution < -0.4 is 0 Å². The Morgan fingerprint density at radius 1 is 1.40 bits per heavy atom. The molecule has 1 aliphatic carbocycles. The van der Waals surface area contributed by atoms with E-state index in [0.717, 1.165) is 19.3 Å². The summed E-state index contributed by atoms with van der Waals surface area (Å²) >= 11 is 0. The number of para-hydroxylation sites is 1. The van der Waals surface area contributed by atoms with Crippen LogP contribution in [-0.2, 0) is 23.7 Å². The molecule has 0 aliphatic heterocycles. The number of carboxylic acid groups (broad SMARTS) is 1. The number of rotatable bonds is 2. The molecule has 2 atom stereocenters. The lowest BCUT2D eigenvalue weighted by molar-refractivity contribution is -0.143. The lowest BCUT2D eigenvalue weighted by Crippen LogP contribution is -2.39. The van der Waals surface area contributed by atoms with Gasteiger partial charge in [-0.05, 0) is 30.9 Å². The zero-order chi connectivity index (χ0) is 14.5. The van der Waals surface area contributed by atoms with E-state index in [1.807, 2.05) is 13.0 Å². The second-order valence-corrected chi connectivity index (χ2v) is 6.23. The monoisotopic (exact) mass is 271 g/mol. The van der Waals surface area contributed by atoms with Crippen molar-refractivity contribution in [2.24, 2.45) is 13.0 Å². The third-order valence-corrected chi connectivity index (χ3v) is 5.20. The smallest absolute Gasteiger partial charge is 0.307 e. The molecule has 1 heterocycles. The second-order valence-electron chi connectivity index (χ2n) is 6.23. The highest BCUT2D eigenvalue weighted by atomic mass is 16.4. The SMILES string of the molecule is CC(C(=O)O)C1(C)CCCc2c1n(C)c1ccccc21. The molecule has 0 radical (unpaired) electrons. The van der Waals surface area contributed by atoms with Crippen molar-refractivity contribution in [3.63, 3.8) is 0 Å². The zero-order valence-corrected chi connectivity index (χ0v) is 12.3. The van der Waals surface area contributed by atoms with Gasteiger partial charge < -0.3 is 9.67 Å². The van der Waals surface area contributed by atoms with Crippen LogP contribution in [0.4, 0.5) is 0 Å². The van der Waals surface area contributed by atoms with E-state index in [0.29, 0.717) is 0 Å². The number of carboxylic acids is 1. The summed E-state index contributed by atoms with van der Waals surface area (Å²) in [5.41, 5.74) is 3.50. The summed E-state index contributed by atoms with van der Waals surface area (Å²) in [6.07, 6.45) is 3.06. The van der Waals surface area contributed by atoms with Crippen LogP contribution in [0.2, 0.25) is 0 Å². The van der Waals surface area contributed by atoms with Gasteiger partial charge in [0.15, 0.2) is 0 Å². The molecule has 3 heteroatoms. The molecule has 2 unspecified atom stereocenters. The molecule has 1 N–H and O–H groups in total. The van der Waals surface area contributed by atoms with Crippen molar-refractivity contribution in [1.29, 1.82) is 0 Å². The first-order valence-corrected chi connectivity index (χ1v) is 7.26. The predicted molar refractivity (Wildman–Crippen MR) is 80.0 cm³/mol. The van der Waals surface area contributed by atoms with Crippen molar-refractivity contribution in [3.05, 3.63) is 35.5 Å². The normalized spacial score (nSPS) is 23.6. The third kappa shape index (κ3) is 1.62. The van der Waals surface area contributed by atoms with Crippen LogP contribution >= 0.6 is 0 Å². The van der Waals surface area contributed by atoms with Crippen molar-refractivity contribution in [2.75, 3.05) is 0 Å². The Labute approximate surface area is 119 Å². The maximum atomic E-state index is 11.5. The number of aromatic nitrogens is 1. The van der Waals surface area contributed by atoms with Gasteiger partial charge in [-0.3, -0.25) is 4.79 Å². The molecule has 1 aromatic carbocycles. The van der Waals surface area contributed by atoms with E-state index in [4.69, 9.17) is 0 Å². The number of nitrogens with zero attached hydrogens (tertiary/aromatic N) is 1. The standard InChI is InChI=1S/C17H21NO2/c1-11(16(19)20)17(2)10-6-8-13-12-7-4-5-9-14(12)18(3)15(13)17/h4-5,7,9,11H,6,8,10H2,1-3H3,(H,19,20). The third-order valence-electron chi connectivity index (χ3n) is 5.20. The first-order chi connectivity index (χ1) is 9.47. The summed E-state index contributed by atoms with van der Waals surface area (Å²) in [7, 11) is 2.07. The molecule has 3 nitrogen and oxygen atoms in total. The molecule has 0 fully saturated rings. The summed E-state index contributed by atoms with van der Waals surface area (Å²) in [5.74, 6) is -1.07. The van der Waals surface area contributed by atoms with Crippen molar-refractivity contribution >= 4 is 16.9 Å². The quantitative estimate of drug-likeness (QED) is 0.908. The molecule has 0 amide bonds. The Morgan fingerprint density at radius 2 is 2.10 bits per heavy atom. The van der Waals surface area contributed by atoms with Crippen molar-refractivity contribution in [3.8, 4) is 0 Å². The van der Waals surface area contributed by atoms with E-state index < -0.39 is 5.97 Å². The fourth-order valence-corrected chi connectivity index (χ4v) is 3.90. The first-order valence-electron chi connectivity index (χ1n) is 7.26. The zero-order valence-electron chi connectivity index (χ0n) is 12.3. The summed E-state index contributed by atoms with van der Waals surface area (Å²) in [6, 6.07) is 8.39. The van der Waals surface area contributed by atoms with Gasteiger partial charge in [-0.15, -0.1) is 0 Å². The van der Waals surface area contributed by atoms with Gasteiger partial charge in [-0.2, -0.15) is 0 Å². The number of hydrogen-bond acceptors (Lipinski definition) is 1. The van der Waals surface area contributed by atoms with Gasteiger partial charge in [0, 0.05) is 29.1 Å². The molecular weight excluding hydrogens is 250 g/mol. The minimum Gasteiger partial charge on any atom is -0.481 e. The van der Waals surface area contributed by atoms with E-state index >= 15 is 0 Å². The van der Waals surface area contributed by atoms with Crippen LogP contribution in [0.15, 0.2) is 24.3 Å². The number of fused-ring (bicyclic) bond motifs is 3. The number of aliphatic carboxylic acids is 1. The van der Waals surface area contributed by atoms with Gasteiger partial charge in [-0.1, -0.05) is 32.0 Å². The Morgan fingerprint density at radius 3 is 2.80 bits per heavy atom. The molecule has 0 saturated carbocycles. The van der Waals surface area contributed by atoms with Gasteiger partial charge >= 0.3 is 5.97 Å². The van der Waals surface area contributed by atoms with Gasteiger partial charge in [0.1, 0.15) is 0 Å². The second kappa shape index (κ2) is 4.37. The van der Waals surface area contributed by atoms with E-state index in [2.05, 4.69) is 36.7 Å². The molecule has 1 aliphatic rings. The van der Waals surface area contributed by atoms with E-state index in [1.54, 1.807) is 0 Å². The highest BCUT2D eigenvalue weighted by Gasteiger charge is 2.43. The molecule has 0 saturated heterocycles. The molecule has 2 aromatic rings. The average molecular weight is 271 g/mol. The van der Waals surface area contributed by atoms with Gasteiger partial charge in [0.05, 0.1) is 5.92 Å². The van der Waals surface area contributed by atoms with Gasteiger partial charge in [0.2, 0.25) is 0 Å². The predicted octanol–water partition coefficient (Wildman–Crippen LogP) is 3.49. The van der Waals surface area contributed by atoms with E-state index in [1.165, 1.54) is 22.2 Å². The fraction of sp³-hybridized carbons (Fsp3) is 0.471. The summed E-state index contributed by atoms with van der Waals surface area (Å²) in [5, 5.41) is 10.8. The Kier molecular flexibility index (Phi) is 2.89. The van der Waals surface area contributed by atoms with Crippen LogP contribution in [0.3, 0.4) is 0 Å². The largest absolute Gasteiger partial charge is 0.481 e. The Balaban J connectivity index is 2.30. The van der Waals surface area contributed by atoms with Crippen LogP contribution in [0.25, 0.3) is 10.9 Å². The lowest BCUT2D eigenvalue weighted by Gasteiger charge is -2.38.